The zero-order valence-electron chi connectivity index (χ0n) is 46.5. The van der Waals surface area contributed by atoms with Crippen LogP contribution in [0.2, 0.25) is 0 Å². The fraction of sp³-hybridized carbons (Fsp3) is 0.754. The van der Waals surface area contributed by atoms with E-state index in [1.807, 2.05) is 0 Å². The van der Waals surface area contributed by atoms with Gasteiger partial charge in [0, 0.05) is 19.4 Å². The smallest absolute Gasteiger partial charge is 0.306 e. The monoisotopic (exact) mass is 975 g/mol. The van der Waals surface area contributed by atoms with E-state index in [1.54, 1.807) is 0 Å². The fourth-order valence-corrected chi connectivity index (χ4v) is 8.45. The van der Waals surface area contributed by atoms with Gasteiger partial charge in [-0.05, 0) is 96.3 Å². The van der Waals surface area contributed by atoms with Gasteiger partial charge in [0.1, 0.15) is 6.61 Å². The molecule has 5 nitrogen and oxygen atoms in total. The molecule has 404 valence electrons. The second-order valence-corrected chi connectivity index (χ2v) is 19.9. The third kappa shape index (κ3) is 57.7. The fourth-order valence-electron chi connectivity index (χ4n) is 8.45. The molecule has 0 aliphatic rings. The van der Waals surface area contributed by atoms with Crippen molar-refractivity contribution >= 4 is 11.9 Å². The lowest BCUT2D eigenvalue weighted by Gasteiger charge is -2.18. The summed E-state index contributed by atoms with van der Waals surface area (Å²) in [6, 6.07) is 0. The van der Waals surface area contributed by atoms with E-state index in [0.717, 1.165) is 96.3 Å². The Kier molecular flexibility index (Phi) is 57.9. The van der Waals surface area contributed by atoms with Crippen LogP contribution in [0.5, 0.6) is 0 Å². The molecule has 70 heavy (non-hydrogen) atoms. The molecule has 0 amide bonds. The summed E-state index contributed by atoms with van der Waals surface area (Å²) < 4.78 is 17.5. The van der Waals surface area contributed by atoms with E-state index in [0.29, 0.717) is 19.4 Å². The van der Waals surface area contributed by atoms with E-state index >= 15 is 0 Å². The molecule has 0 bridgehead atoms. The summed E-state index contributed by atoms with van der Waals surface area (Å²) in [5, 5.41) is 0. The maximum atomic E-state index is 12.9. The molecule has 0 spiro atoms. The lowest BCUT2D eigenvalue weighted by atomic mass is 10.0. The van der Waals surface area contributed by atoms with Gasteiger partial charge in [0.15, 0.2) is 6.10 Å². The normalized spacial score (nSPS) is 12.8. The van der Waals surface area contributed by atoms with Crippen LogP contribution in [0.15, 0.2) is 85.1 Å². The van der Waals surface area contributed by atoms with Crippen LogP contribution in [0.4, 0.5) is 0 Å². The highest BCUT2D eigenvalue weighted by atomic mass is 16.6. The number of carbonyl (C=O) groups excluding carboxylic acids is 2. The highest BCUT2D eigenvalue weighted by molar-refractivity contribution is 5.70. The first-order valence-corrected chi connectivity index (χ1v) is 30.1. The number of ether oxygens (including phenoxy) is 3. The Balaban J connectivity index is 4.33. The predicted molar refractivity (Wildman–Crippen MR) is 307 cm³/mol. The topological polar surface area (TPSA) is 61.8 Å². The number of hydrogen-bond donors (Lipinski definition) is 0. The molecule has 0 heterocycles. The molecule has 0 N–H and O–H groups in total. The number of hydrogen-bond acceptors (Lipinski definition) is 5. The summed E-state index contributed by atoms with van der Waals surface area (Å²) in [7, 11) is 0. The van der Waals surface area contributed by atoms with E-state index < -0.39 is 6.10 Å². The number of rotatable bonds is 55. The van der Waals surface area contributed by atoms with E-state index in [1.165, 1.54) is 161 Å². The summed E-state index contributed by atoms with van der Waals surface area (Å²) in [6.45, 7) is 7.67. The van der Waals surface area contributed by atoms with Crippen molar-refractivity contribution in [2.75, 3.05) is 19.8 Å². The second kappa shape index (κ2) is 60.4. The van der Waals surface area contributed by atoms with Crippen LogP contribution in [0, 0.1) is 0 Å². The first kappa shape index (κ1) is 67.1. The van der Waals surface area contributed by atoms with Crippen LogP contribution < -0.4 is 0 Å². The Morgan fingerprint density at radius 3 is 1.06 bits per heavy atom. The molecule has 0 aliphatic carbocycles. The quantitative estimate of drug-likeness (QED) is 0.0345. The van der Waals surface area contributed by atoms with Gasteiger partial charge in [-0.25, -0.2) is 0 Å². The van der Waals surface area contributed by atoms with E-state index in [4.69, 9.17) is 14.2 Å². The van der Waals surface area contributed by atoms with Crippen molar-refractivity contribution in [2.45, 2.75) is 297 Å². The molecule has 0 aromatic rings. The molecule has 0 aromatic heterocycles. The van der Waals surface area contributed by atoms with Crippen molar-refractivity contribution < 1.29 is 23.8 Å². The van der Waals surface area contributed by atoms with Gasteiger partial charge in [-0.3, -0.25) is 9.59 Å². The highest BCUT2D eigenvalue weighted by Gasteiger charge is 2.17. The van der Waals surface area contributed by atoms with Crippen molar-refractivity contribution in [1.82, 2.24) is 0 Å². The molecule has 0 saturated heterocycles. The summed E-state index contributed by atoms with van der Waals surface area (Å²) in [5.74, 6) is -0.413. The second-order valence-electron chi connectivity index (χ2n) is 19.9. The molecule has 0 fully saturated rings. The SMILES string of the molecule is CC/C=C\C/C=C\C/C=C\C/C=C\CCCCCCCOCC(COC(=O)CCCCCCCC/C=C\C/C=C\C/C=C\CCCCC)OC(=O)CCCCCCCCCCCCCCCCCCC. The van der Waals surface area contributed by atoms with Crippen LogP contribution in [0.1, 0.15) is 290 Å². The minimum absolute atomic E-state index is 0.0698. The van der Waals surface area contributed by atoms with Gasteiger partial charge in [0.2, 0.25) is 0 Å². The minimum Gasteiger partial charge on any atom is -0.462 e. The van der Waals surface area contributed by atoms with E-state index in [9.17, 15) is 9.59 Å². The molecule has 1 unspecified atom stereocenters. The van der Waals surface area contributed by atoms with Crippen LogP contribution in [-0.4, -0.2) is 37.9 Å². The molecular weight excluding hydrogens is 861 g/mol. The molecule has 1 atom stereocenters. The number of unbranched alkanes of at least 4 members (excludes halogenated alkanes) is 30. The van der Waals surface area contributed by atoms with Gasteiger partial charge in [-0.2, -0.15) is 0 Å². The summed E-state index contributed by atoms with van der Waals surface area (Å²) >= 11 is 0. The maximum absolute atomic E-state index is 12.9. The number of allylic oxidation sites excluding steroid dienone is 14. The molecule has 0 saturated carbocycles. The summed E-state index contributed by atoms with van der Waals surface area (Å²) in [4.78, 5) is 25.6. The Morgan fingerprint density at radius 1 is 0.329 bits per heavy atom. The zero-order valence-corrected chi connectivity index (χ0v) is 46.5. The van der Waals surface area contributed by atoms with Crippen molar-refractivity contribution in [2.24, 2.45) is 0 Å². The lowest BCUT2D eigenvalue weighted by Crippen LogP contribution is -2.30. The summed E-state index contributed by atoms with van der Waals surface area (Å²) in [6.07, 6.45) is 80.3. The van der Waals surface area contributed by atoms with Crippen LogP contribution in [0.25, 0.3) is 0 Å². The van der Waals surface area contributed by atoms with Crippen LogP contribution in [-0.2, 0) is 23.8 Å². The minimum atomic E-state index is -0.555. The Hall–Kier alpha value is -2.92. The first-order chi connectivity index (χ1) is 34.6. The van der Waals surface area contributed by atoms with Crippen molar-refractivity contribution in [3.8, 4) is 0 Å². The van der Waals surface area contributed by atoms with E-state index in [2.05, 4.69) is 106 Å². The van der Waals surface area contributed by atoms with Crippen molar-refractivity contribution in [3.05, 3.63) is 85.1 Å². The third-order valence-electron chi connectivity index (χ3n) is 12.9. The zero-order chi connectivity index (χ0) is 50.6. The molecule has 0 aromatic carbocycles. The Labute approximate surface area is 435 Å². The molecule has 0 aliphatic heterocycles. The lowest BCUT2D eigenvalue weighted by molar-refractivity contribution is -0.163. The molecule has 0 rings (SSSR count). The Bertz CT molecular complexity index is 1290. The third-order valence-corrected chi connectivity index (χ3v) is 12.9. The predicted octanol–water partition coefficient (Wildman–Crippen LogP) is 20.8. The van der Waals surface area contributed by atoms with Gasteiger partial charge in [0.25, 0.3) is 0 Å². The van der Waals surface area contributed by atoms with Crippen LogP contribution in [0.3, 0.4) is 0 Å². The van der Waals surface area contributed by atoms with Crippen LogP contribution >= 0.6 is 0 Å². The van der Waals surface area contributed by atoms with Gasteiger partial charge < -0.3 is 14.2 Å². The number of carbonyl (C=O) groups is 2. The first-order valence-electron chi connectivity index (χ1n) is 30.1. The standard InChI is InChI=1S/C65H114O5/c1-4-7-10-13-16-19-22-25-28-31-33-35-37-40-43-46-49-52-55-58-64(66)69-62-63(61-68-60-57-54-51-48-45-42-39-36-32-29-26-23-20-17-14-11-8-5-2)70-65(67)59-56-53-50-47-44-41-38-34-30-27-24-21-18-15-12-9-6-3/h8,11,16-17,19-20,25-26,28-29,33,35-36,39,63H,4-7,9-10,12-15,18,21-24,27,30-32,34,37-38,40-62H2,1-3H3/b11-8-,19-16-,20-17-,28-25-,29-26-,35-33-,39-36-. The molecular formula is C65H114O5. The average Bonchev–Trinajstić information content (AvgIpc) is 3.36. The van der Waals surface area contributed by atoms with Gasteiger partial charge >= 0.3 is 11.9 Å². The largest absolute Gasteiger partial charge is 0.462 e. The maximum Gasteiger partial charge on any atom is 0.306 e. The van der Waals surface area contributed by atoms with Crippen molar-refractivity contribution in [3.63, 3.8) is 0 Å². The highest BCUT2D eigenvalue weighted by Crippen LogP contribution is 2.16. The number of esters is 2. The van der Waals surface area contributed by atoms with E-state index in [-0.39, 0.29) is 25.2 Å². The van der Waals surface area contributed by atoms with Gasteiger partial charge in [0.05, 0.1) is 6.61 Å². The van der Waals surface area contributed by atoms with Gasteiger partial charge in [-0.15, -0.1) is 0 Å². The summed E-state index contributed by atoms with van der Waals surface area (Å²) in [5.41, 5.74) is 0. The molecule has 0 radical (unpaired) electrons. The van der Waals surface area contributed by atoms with Crippen molar-refractivity contribution in [1.29, 1.82) is 0 Å². The Morgan fingerprint density at radius 2 is 0.643 bits per heavy atom. The molecule has 5 heteroatoms. The average molecular weight is 976 g/mol. The van der Waals surface area contributed by atoms with Gasteiger partial charge in [-0.1, -0.05) is 266 Å².